The Morgan fingerprint density at radius 2 is 1.13 bits per heavy atom. The Labute approximate surface area is 327 Å². The monoisotopic (exact) mass is 770 g/mol. The molecule has 9 heteroatoms. The van der Waals surface area contributed by atoms with Crippen molar-refractivity contribution < 1.29 is 32.9 Å². The smallest absolute Gasteiger partial charge is 0.391 e. The normalized spacial score (nSPS) is 14.8. The van der Waals surface area contributed by atoms with E-state index < -0.39 is 20.0 Å². The molecule has 1 amide bonds. The van der Waals surface area contributed by atoms with Gasteiger partial charge in [0.15, 0.2) is 0 Å². The number of allylic oxidation sites excluding steroid dienone is 6. The fourth-order valence-electron chi connectivity index (χ4n) is 6.18. The summed E-state index contributed by atoms with van der Waals surface area (Å²) in [6, 6.07) is -0.764. The highest BCUT2D eigenvalue weighted by Crippen LogP contribution is 2.43. The Balaban J connectivity index is 4.39. The Hall–Kier alpha value is -1.28. The number of amides is 1. The van der Waals surface area contributed by atoms with E-state index in [-0.39, 0.29) is 19.1 Å². The number of aliphatic hydroxyl groups is 1. The summed E-state index contributed by atoms with van der Waals surface area (Å²) in [5.41, 5.74) is 0. The molecule has 0 saturated carbocycles. The van der Waals surface area contributed by atoms with Crippen LogP contribution >= 0.6 is 7.82 Å². The van der Waals surface area contributed by atoms with E-state index in [9.17, 15) is 19.4 Å². The molecule has 3 unspecified atom stereocenters. The average Bonchev–Trinajstić information content (AvgIpc) is 3.10. The third kappa shape index (κ3) is 38.8. The zero-order valence-electron chi connectivity index (χ0n) is 35.3. The second kappa shape index (κ2) is 36.4. The van der Waals surface area contributed by atoms with Crippen LogP contribution in [0.2, 0.25) is 0 Å². The molecule has 0 radical (unpaired) electrons. The summed E-state index contributed by atoms with van der Waals surface area (Å²) in [5.74, 6) is -0.156. The molecule has 0 aliphatic rings. The minimum atomic E-state index is -4.31. The van der Waals surface area contributed by atoms with E-state index in [0.29, 0.717) is 23.9 Å². The topological polar surface area (TPSA) is 105 Å². The van der Waals surface area contributed by atoms with Crippen molar-refractivity contribution >= 4 is 13.7 Å². The first-order valence-corrected chi connectivity index (χ1v) is 23.3. The second-order valence-electron chi connectivity index (χ2n) is 16.0. The maximum absolute atomic E-state index is 12.9. The van der Waals surface area contributed by atoms with Gasteiger partial charge in [0.05, 0.1) is 39.9 Å². The van der Waals surface area contributed by atoms with Gasteiger partial charge in [-0.15, -0.1) is 0 Å². The van der Waals surface area contributed by atoms with Crippen LogP contribution in [0.15, 0.2) is 36.5 Å². The summed E-state index contributed by atoms with van der Waals surface area (Å²) in [4.78, 5) is 23.1. The molecule has 0 bridgehead atoms. The molecule has 0 fully saturated rings. The Kier molecular flexibility index (Phi) is 35.5. The molecule has 53 heavy (non-hydrogen) atoms. The highest BCUT2D eigenvalue weighted by atomic mass is 31.2. The number of nitrogens with zero attached hydrogens (tertiary/aromatic N) is 1. The number of rotatable bonds is 39. The summed E-state index contributed by atoms with van der Waals surface area (Å²) >= 11 is 0. The number of quaternary nitrogens is 1. The third-order valence-corrected chi connectivity index (χ3v) is 10.6. The lowest BCUT2D eigenvalue weighted by atomic mass is 10.0. The summed E-state index contributed by atoms with van der Waals surface area (Å²) in [6.45, 7) is 4.76. The van der Waals surface area contributed by atoms with Crippen molar-refractivity contribution in [3.63, 3.8) is 0 Å². The Morgan fingerprint density at radius 3 is 1.66 bits per heavy atom. The molecule has 0 aliphatic heterocycles. The summed E-state index contributed by atoms with van der Waals surface area (Å²) in [5, 5.41) is 13.9. The molecular formula is C44H86N2O6P+. The largest absolute Gasteiger partial charge is 0.472 e. The minimum absolute atomic E-state index is 0.0718. The number of aliphatic hydroxyl groups excluding tert-OH is 1. The van der Waals surface area contributed by atoms with Gasteiger partial charge in [0.1, 0.15) is 13.2 Å². The highest BCUT2D eigenvalue weighted by Gasteiger charge is 2.28. The van der Waals surface area contributed by atoms with Crippen molar-refractivity contribution in [3.8, 4) is 0 Å². The first-order chi connectivity index (χ1) is 25.5. The van der Waals surface area contributed by atoms with Crippen LogP contribution in [-0.4, -0.2) is 73.4 Å². The predicted molar refractivity (Wildman–Crippen MR) is 226 cm³/mol. The average molecular weight is 770 g/mol. The van der Waals surface area contributed by atoms with Crippen LogP contribution in [0.3, 0.4) is 0 Å². The second-order valence-corrected chi connectivity index (χ2v) is 17.5. The van der Waals surface area contributed by atoms with E-state index in [1.165, 1.54) is 96.3 Å². The Bertz CT molecular complexity index is 964. The lowest BCUT2D eigenvalue weighted by Gasteiger charge is -2.26. The van der Waals surface area contributed by atoms with Gasteiger partial charge < -0.3 is 19.8 Å². The van der Waals surface area contributed by atoms with E-state index in [2.05, 4.69) is 55.6 Å². The predicted octanol–water partition coefficient (Wildman–Crippen LogP) is 11.9. The van der Waals surface area contributed by atoms with E-state index in [1.807, 2.05) is 21.1 Å². The number of carbonyl (C=O) groups excluding carboxylic acids is 1. The van der Waals surface area contributed by atoms with Crippen molar-refractivity contribution in [2.24, 2.45) is 0 Å². The third-order valence-electron chi connectivity index (χ3n) is 9.65. The summed E-state index contributed by atoms with van der Waals surface area (Å²) in [7, 11) is 1.60. The molecule has 0 saturated heterocycles. The standard InChI is InChI=1S/C44H85N2O6P/c1-6-8-10-12-14-16-18-20-22-23-24-26-28-30-32-34-36-38-44(48)45-42(41-52-53(49,50)51-40-39-46(3,4)5)43(47)37-35-33-31-29-27-25-21-19-17-15-13-11-9-7-2/h8,10,14,16,20,22,42-43,47H,6-7,9,11-13,15,17-19,21,23-41H2,1-5H3,(H-,45,48,49,50)/p+1/b10-8-,16-14-,22-20-. The van der Waals surface area contributed by atoms with E-state index in [1.54, 1.807) is 0 Å². The van der Waals surface area contributed by atoms with Crippen molar-refractivity contribution in [2.75, 3.05) is 40.9 Å². The number of hydrogen-bond acceptors (Lipinski definition) is 5. The van der Waals surface area contributed by atoms with Crippen molar-refractivity contribution in [3.05, 3.63) is 36.5 Å². The van der Waals surface area contributed by atoms with Crippen molar-refractivity contribution in [1.29, 1.82) is 0 Å². The van der Waals surface area contributed by atoms with Crippen molar-refractivity contribution in [2.45, 2.75) is 199 Å². The van der Waals surface area contributed by atoms with Gasteiger partial charge in [-0.05, 0) is 44.9 Å². The summed E-state index contributed by atoms with van der Waals surface area (Å²) in [6.07, 6.45) is 43.0. The zero-order valence-corrected chi connectivity index (χ0v) is 36.1. The van der Waals surface area contributed by atoms with Gasteiger partial charge >= 0.3 is 7.82 Å². The molecule has 312 valence electrons. The van der Waals surface area contributed by atoms with Crippen LogP contribution in [-0.2, 0) is 18.4 Å². The number of nitrogens with one attached hydrogen (secondary N) is 1. The van der Waals surface area contributed by atoms with Crippen LogP contribution < -0.4 is 5.32 Å². The molecule has 3 atom stereocenters. The van der Waals surface area contributed by atoms with E-state index >= 15 is 0 Å². The van der Waals surface area contributed by atoms with Gasteiger partial charge in [-0.25, -0.2) is 4.57 Å². The SMILES string of the molecule is CC/C=C\C/C=C\C/C=C\CCCCCCCCCC(=O)NC(COP(=O)(O)OCC[N+](C)(C)C)C(O)CCCCCCCCCCCCCCCC. The lowest BCUT2D eigenvalue weighted by molar-refractivity contribution is -0.870. The fourth-order valence-corrected chi connectivity index (χ4v) is 6.91. The molecule has 0 rings (SSSR count). The van der Waals surface area contributed by atoms with Gasteiger partial charge in [0.25, 0.3) is 0 Å². The molecule has 0 aromatic heterocycles. The molecule has 0 spiro atoms. The molecule has 0 heterocycles. The molecule has 0 aliphatic carbocycles. The molecule has 0 aromatic carbocycles. The summed E-state index contributed by atoms with van der Waals surface area (Å²) < 4.78 is 23.6. The first-order valence-electron chi connectivity index (χ1n) is 21.9. The number of hydrogen-bond donors (Lipinski definition) is 3. The van der Waals surface area contributed by atoms with Crippen LogP contribution in [0.1, 0.15) is 187 Å². The maximum atomic E-state index is 12.9. The number of likely N-dealkylation sites (N-methyl/N-ethyl adjacent to an activating group) is 1. The van der Waals surface area contributed by atoms with Gasteiger partial charge in [0.2, 0.25) is 5.91 Å². The first kappa shape index (κ1) is 51.7. The minimum Gasteiger partial charge on any atom is -0.391 e. The Morgan fingerprint density at radius 1 is 0.660 bits per heavy atom. The molecule has 0 aromatic rings. The van der Waals surface area contributed by atoms with Crippen molar-refractivity contribution in [1.82, 2.24) is 5.32 Å². The van der Waals surface area contributed by atoms with E-state index in [0.717, 1.165) is 64.2 Å². The molecule has 3 N–H and O–H groups in total. The highest BCUT2D eigenvalue weighted by molar-refractivity contribution is 7.47. The maximum Gasteiger partial charge on any atom is 0.472 e. The number of carbonyl (C=O) groups is 1. The van der Waals surface area contributed by atoms with Gasteiger partial charge in [0, 0.05) is 6.42 Å². The quantitative estimate of drug-likeness (QED) is 0.0249. The van der Waals surface area contributed by atoms with Crippen LogP contribution in [0, 0.1) is 0 Å². The lowest BCUT2D eigenvalue weighted by Crippen LogP contribution is -2.46. The van der Waals surface area contributed by atoms with Gasteiger partial charge in [-0.2, -0.15) is 0 Å². The van der Waals surface area contributed by atoms with Crippen LogP contribution in [0.5, 0.6) is 0 Å². The number of phosphoric acid groups is 1. The molecule has 8 nitrogen and oxygen atoms in total. The van der Waals surface area contributed by atoms with Crippen LogP contribution in [0.4, 0.5) is 0 Å². The van der Waals surface area contributed by atoms with Gasteiger partial charge in [-0.3, -0.25) is 13.8 Å². The molecular weight excluding hydrogens is 683 g/mol. The number of phosphoric ester groups is 1. The number of unbranched alkanes of at least 4 members (excludes halogenated alkanes) is 20. The van der Waals surface area contributed by atoms with Crippen LogP contribution in [0.25, 0.3) is 0 Å². The zero-order chi connectivity index (χ0) is 39.3. The van der Waals surface area contributed by atoms with E-state index in [4.69, 9.17) is 9.05 Å². The van der Waals surface area contributed by atoms with Gasteiger partial charge in [-0.1, -0.05) is 172 Å². The fraction of sp³-hybridized carbons (Fsp3) is 0.841.